The molecule has 10 heteroatoms. The Morgan fingerprint density at radius 2 is 1.14 bits per heavy atom. The summed E-state index contributed by atoms with van der Waals surface area (Å²) in [7, 11) is -5.13. The van der Waals surface area contributed by atoms with Crippen molar-refractivity contribution in [2.45, 2.75) is 22.9 Å². The van der Waals surface area contributed by atoms with Crippen molar-refractivity contribution in [1.82, 2.24) is 9.44 Å². The lowest BCUT2D eigenvalue weighted by Crippen LogP contribution is -2.26. The molecule has 0 atom stereocenters. The number of benzene rings is 4. The molecule has 0 amide bonds. The Balaban J connectivity index is 1.69. The molecular formula is C26H26N2O6S2. The van der Waals surface area contributed by atoms with Crippen molar-refractivity contribution in [3.8, 4) is 11.5 Å². The van der Waals surface area contributed by atoms with E-state index in [0.29, 0.717) is 33.4 Å². The summed E-state index contributed by atoms with van der Waals surface area (Å²) >= 11 is 0. The molecule has 0 saturated carbocycles. The molecule has 0 radical (unpaired) electrons. The number of nitrogens with one attached hydrogen (secondary N) is 2. The fourth-order valence-corrected chi connectivity index (χ4v) is 6.23. The lowest BCUT2D eigenvalue weighted by Gasteiger charge is -2.14. The number of rotatable bonds is 10. The van der Waals surface area contributed by atoms with Gasteiger partial charge in [-0.15, -0.1) is 0 Å². The first-order valence-corrected chi connectivity index (χ1v) is 14.0. The second-order valence-electron chi connectivity index (χ2n) is 7.92. The van der Waals surface area contributed by atoms with E-state index in [9.17, 15) is 16.8 Å². The summed E-state index contributed by atoms with van der Waals surface area (Å²) in [5.41, 5.74) is 1.30. The molecule has 2 N–H and O–H groups in total. The summed E-state index contributed by atoms with van der Waals surface area (Å²) in [5.74, 6) is 1.09. The van der Waals surface area contributed by atoms with Crippen molar-refractivity contribution >= 4 is 30.8 Å². The van der Waals surface area contributed by atoms with E-state index in [-0.39, 0.29) is 22.9 Å². The SMILES string of the molecule is COc1ccccc1CNS(=O)(=O)c1cc(S(=O)(=O)NCc2ccccc2OC)c2ccccc2c1. The molecule has 4 aromatic carbocycles. The van der Waals surface area contributed by atoms with Gasteiger partial charge in [-0.1, -0.05) is 60.7 Å². The summed E-state index contributed by atoms with van der Waals surface area (Å²) < 4.78 is 68.9. The Kier molecular flexibility index (Phi) is 7.60. The Morgan fingerprint density at radius 3 is 1.72 bits per heavy atom. The quantitative estimate of drug-likeness (QED) is 0.325. The number of hydrogen-bond acceptors (Lipinski definition) is 6. The summed E-state index contributed by atoms with van der Waals surface area (Å²) in [6.07, 6.45) is 0. The highest BCUT2D eigenvalue weighted by molar-refractivity contribution is 7.90. The average molecular weight is 527 g/mol. The van der Waals surface area contributed by atoms with Gasteiger partial charge in [0.15, 0.2) is 0 Å². The van der Waals surface area contributed by atoms with Gasteiger partial charge in [0.05, 0.1) is 24.0 Å². The van der Waals surface area contributed by atoms with Gasteiger partial charge < -0.3 is 9.47 Å². The van der Waals surface area contributed by atoms with Crippen LogP contribution < -0.4 is 18.9 Å². The van der Waals surface area contributed by atoms with Gasteiger partial charge in [-0.25, -0.2) is 26.3 Å². The number of fused-ring (bicyclic) bond motifs is 1. The molecule has 0 unspecified atom stereocenters. The third-order valence-electron chi connectivity index (χ3n) is 5.69. The number of sulfonamides is 2. The number of hydrogen-bond donors (Lipinski definition) is 2. The first-order chi connectivity index (χ1) is 17.2. The summed E-state index contributed by atoms with van der Waals surface area (Å²) in [4.78, 5) is -0.290. The second-order valence-corrected chi connectivity index (χ2v) is 11.4. The first kappa shape index (κ1) is 25.6. The Labute approximate surface area is 211 Å². The highest BCUT2D eigenvalue weighted by Crippen LogP contribution is 2.28. The molecule has 0 aliphatic carbocycles. The fourth-order valence-electron chi connectivity index (χ4n) is 3.83. The lowest BCUT2D eigenvalue weighted by molar-refractivity contribution is 0.409. The van der Waals surface area contributed by atoms with E-state index in [1.807, 2.05) is 0 Å². The van der Waals surface area contributed by atoms with E-state index in [1.54, 1.807) is 72.8 Å². The molecular weight excluding hydrogens is 500 g/mol. The zero-order valence-corrected chi connectivity index (χ0v) is 21.4. The Bertz CT molecular complexity index is 1600. The minimum atomic E-state index is -4.09. The van der Waals surface area contributed by atoms with Crippen LogP contribution in [0.15, 0.2) is 94.7 Å². The minimum absolute atomic E-state index is 0.0205. The van der Waals surface area contributed by atoms with Crippen molar-refractivity contribution in [2.24, 2.45) is 0 Å². The topological polar surface area (TPSA) is 111 Å². The van der Waals surface area contributed by atoms with Gasteiger partial charge in [-0.3, -0.25) is 0 Å². The normalized spacial score (nSPS) is 11.9. The molecule has 0 aromatic heterocycles. The maximum atomic E-state index is 13.4. The standard InChI is InChI=1S/C26H26N2O6S2/c1-33-24-13-7-4-10-20(24)17-27-35(29,30)22-15-19-9-3-6-12-23(19)26(16-22)36(31,32)28-18-21-11-5-8-14-25(21)34-2/h3-16,27-28H,17-18H2,1-2H3. The third-order valence-corrected chi connectivity index (χ3v) is 8.51. The van der Waals surface area contributed by atoms with Crippen LogP contribution >= 0.6 is 0 Å². The second kappa shape index (κ2) is 10.7. The Morgan fingerprint density at radius 1 is 0.639 bits per heavy atom. The van der Waals surface area contributed by atoms with E-state index < -0.39 is 20.0 Å². The molecule has 0 fully saturated rings. The van der Waals surface area contributed by atoms with Crippen LogP contribution in [0.1, 0.15) is 11.1 Å². The van der Waals surface area contributed by atoms with Crippen LogP contribution in [0.5, 0.6) is 11.5 Å². The van der Waals surface area contributed by atoms with Gasteiger partial charge in [0.1, 0.15) is 11.5 Å². The molecule has 0 saturated heterocycles. The third kappa shape index (κ3) is 5.52. The van der Waals surface area contributed by atoms with Gasteiger partial charge in [0.25, 0.3) is 0 Å². The van der Waals surface area contributed by atoms with Crippen LogP contribution in [0.25, 0.3) is 10.8 Å². The van der Waals surface area contributed by atoms with Crippen LogP contribution in [0.2, 0.25) is 0 Å². The smallest absolute Gasteiger partial charge is 0.241 e. The zero-order valence-electron chi connectivity index (χ0n) is 19.8. The summed E-state index contributed by atoms with van der Waals surface area (Å²) in [6, 6.07) is 23.5. The van der Waals surface area contributed by atoms with Crippen LogP contribution in [0.3, 0.4) is 0 Å². The van der Waals surface area contributed by atoms with Gasteiger partial charge >= 0.3 is 0 Å². The molecule has 8 nitrogen and oxygen atoms in total. The summed E-state index contributed by atoms with van der Waals surface area (Å²) in [6.45, 7) is -0.0446. The monoisotopic (exact) mass is 526 g/mol. The van der Waals surface area contributed by atoms with Gasteiger partial charge in [0.2, 0.25) is 20.0 Å². The van der Waals surface area contributed by atoms with E-state index >= 15 is 0 Å². The number of para-hydroxylation sites is 2. The van der Waals surface area contributed by atoms with Crippen molar-refractivity contribution in [2.75, 3.05) is 14.2 Å². The fraction of sp³-hybridized carbons (Fsp3) is 0.154. The molecule has 0 spiro atoms. The van der Waals surface area contributed by atoms with Crippen molar-refractivity contribution in [3.63, 3.8) is 0 Å². The van der Waals surface area contributed by atoms with Crippen molar-refractivity contribution in [3.05, 3.63) is 96.1 Å². The summed E-state index contributed by atoms with van der Waals surface area (Å²) in [5, 5.41) is 0.893. The molecule has 0 aliphatic rings. The predicted molar refractivity (Wildman–Crippen MR) is 138 cm³/mol. The minimum Gasteiger partial charge on any atom is -0.496 e. The van der Waals surface area contributed by atoms with Crippen molar-refractivity contribution in [1.29, 1.82) is 0 Å². The predicted octanol–water partition coefficient (Wildman–Crippen LogP) is 3.81. The highest BCUT2D eigenvalue weighted by Gasteiger charge is 2.23. The van der Waals surface area contributed by atoms with Crippen LogP contribution in [-0.2, 0) is 33.1 Å². The van der Waals surface area contributed by atoms with Gasteiger partial charge in [-0.05, 0) is 29.7 Å². The maximum Gasteiger partial charge on any atom is 0.241 e. The molecule has 36 heavy (non-hydrogen) atoms. The largest absolute Gasteiger partial charge is 0.496 e. The number of ether oxygens (including phenoxy) is 2. The molecule has 4 rings (SSSR count). The maximum absolute atomic E-state index is 13.4. The molecule has 0 aliphatic heterocycles. The Hall–Kier alpha value is -3.44. The number of methoxy groups -OCH3 is 2. The molecule has 4 aromatic rings. The van der Waals surface area contributed by atoms with E-state index in [4.69, 9.17) is 9.47 Å². The lowest BCUT2D eigenvalue weighted by atomic mass is 10.1. The van der Waals surface area contributed by atoms with E-state index in [0.717, 1.165) is 0 Å². The molecule has 0 bridgehead atoms. The highest BCUT2D eigenvalue weighted by atomic mass is 32.2. The van der Waals surface area contributed by atoms with Gasteiger partial charge in [0, 0.05) is 29.6 Å². The average Bonchev–Trinajstić information content (AvgIpc) is 2.90. The van der Waals surface area contributed by atoms with Crippen molar-refractivity contribution < 1.29 is 26.3 Å². The molecule has 0 heterocycles. The first-order valence-electron chi connectivity index (χ1n) is 11.0. The van der Waals surface area contributed by atoms with E-state index in [2.05, 4.69) is 9.44 Å². The van der Waals surface area contributed by atoms with Gasteiger partial charge in [-0.2, -0.15) is 0 Å². The zero-order chi connectivity index (χ0) is 25.8. The van der Waals surface area contributed by atoms with Crippen LogP contribution in [0, 0.1) is 0 Å². The molecule has 188 valence electrons. The van der Waals surface area contributed by atoms with Crippen LogP contribution in [0.4, 0.5) is 0 Å². The van der Waals surface area contributed by atoms with Crippen LogP contribution in [-0.4, -0.2) is 31.1 Å². The van der Waals surface area contributed by atoms with E-state index in [1.165, 1.54) is 26.4 Å².